The van der Waals surface area contributed by atoms with E-state index in [4.69, 9.17) is 14.2 Å². The van der Waals surface area contributed by atoms with E-state index in [2.05, 4.69) is 105 Å². The molecule has 1 heterocycles. The van der Waals surface area contributed by atoms with Crippen molar-refractivity contribution < 1.29 is 49.3 Å². The van der Waals surface area contributed by atoms with Gasteiger partial charge in [0.2, 0.25) is 5.91 Å². The number of nitrogens with one attached hydrogen (secondary N) is 1. The van der Waals surface area contributed by atoms with Crippen molar-refractivity contribution in [3.8, 4) is 0 Å². The number of carbonyl (C=O) groups excluding carboxylic acids is 2. The van der Waals surface area contributed by atoms with E-state index < -0.39 is 67.4 Å². The molecule has 0 bridgehead atoms. The Morgan fingerprint density at radius 2 is 0.852 bits per heavy atom. The number of carbonyl (C=O) groups is 2. The van der Waals surface area contributed by atoms with Gasteiger partial charge in [-0.25, -0.2) is 0 Å². The Labute approximate surface area is 495 Å². The van der Waals surface area contributed by atoms with E-state index in [1.807, 2.05) is 12.2 Å². The molecule has 6 N–H and O–H groups in total. The molecular formula is C70H121NO10. The van der Waals surface area contributed by atoms with Crippen LogP contribution in [0.25, 0.3) is 0 Å². The lowest BCUT2D eigenvalue weighted by molar-refractivity contribution is -0.305. The third kappa shape index (κ3) is 44.7. The van der Waals surface area contributed by atoms with Gasteiger partial charge in [-0.05, 0) is 103 Å². The molecule has 1 fully saturated rings. The largest absolute Gasteiger partial charge is 0.454 e. The number of hydrogen-bond donors (Lipinski definition) is 6. The smallest absolute Gasteiger partial charge is 0.306 e. The molecule has 11 heteroatoms. The van der Waals surface area contributed by atoms with E-state index in [0.717, 1.165) is 83.5 Å². The normalized spacial score (nSPS) is 19.3. The van der Waals surface area contributed by atoms with Crippen LogP contribution in [0.4, 0.5) is 0 Å². The number of amides is 1. The molecule has 0 saturated carbocycles. The maximum Gasteiger partial charge on any atom is 0.306 e. The maximum atomic E-state index is 13.5. The van der Waals surface area contributed by atoms with E-state index in [1.165, 1.54) is 135 Å². The number of rotatable bonds is 55. The van der Waals surface area contributed by atoms with Gasteiger partial charge in [-0.2, -0.15) is 0 Å². The lowest BCUT2D eigenvalue weighted by atomic mass is 9.99. The zero-order chi connectivity index (χ0) is 58.9. The van der Waals surface area contributed by atoms with Crippen LogP contribution in [0.1, 0.15) is 271 Å². The molecule has 0 aromatic rings. The number of esters is 1. The second kappa shape index (κ2) is 57.0. The Balaban J connectivity index is 2.69. The Morgan fingerprint density at radius 1 is 0.481 bits per heavy atom. The molecule has 466 valence electrons. The fourth-order valence-electron chi connectivity index (χ4n) is 9.71. The van der Waals surface area contributed by atoms with Gasteiger partial charge in [-0.3, -0.25) is 9.59 Å². The molecule has 8 atom stereocenters. The minimum Gasteiger partial charge on any atom is -0.454 e. The van der Waals surface area contributed by atoms with Crippen molar-refractivity contribution in [3.63, 3.8) is 0 Å². The number of aliphatic hydroxyl groups excluding tert-OH is 5. The summed E-state index contributed by atoms with van der Waals surface area (Å²) in [5, 5.41) is 57.1. The monoisotopic (exact) mass is 1140 g/mol. The van der Waals surface area contributed by atoms with Crippen molar-refractivity contribution in [1.29, 1.82) is 0 Å². The van der Waals surface area contributed by atoms with Gasteiger partial charge in [-0.15, -0.1) is 0 Å². The third-order valence-electron chi connectivity index (χ3n) is 15.0. The van der Waals surface area contributed by atoms with Gasteiger partial charge < -0.3 is 45.1 Å². The van der Waals surface area contributed by atoms with Crippen LogP contribution in [0.2, 0.25) is 0 Å². The lowest BCUT2D eigenvalue weighted by Gasteiger charge is -2.41. The zero-order valence-electron chi connectivity index (χ0n) is 51.6. The summed E-state index contributed by atoms with van der Waals surface area (Å²) in [5.74, 6) is -1.26. The van der Waals surface area contributed by atoms with Crippen LogP contribution in [-0.4, -0.2) is 99.6 Å². The molecule has 0 radical (unpaired) electrons. The second-order valence-corrected chi connectivity index (χ2v) is 22.5. The average Bonchev–Trinajstić information content (AvgIpc) is 3.46. The highest BCUT2D eigenvalue weighted by atomic mass is 16.7. The first-order valence-electron chi connectivity index (χ1n) is 33.0. The molecule has 11 nitrogen and oxygen atoms in total. The van der Waals surface area contributed by atoms with E-state index in [1.54, 1.807) is 6.08 Å². The summed E-state index contributed by atoms with van der Waals surface area (Å²) in [6.07, 6.45) is 65.8. The van der Waals surface area contributed by atoms with Gasteiger partial charge in [0.25, 0.3) is 0 Å². The van der Waals surface area contributed by atoms with Crippen molar-refractivity contribution >= 4 is 11.9 Å². The predicted octanol–water partition coefficient (Wildman–Crippen LogP) is 16.3. The van der Waals surface area contributed by atoms with Crippen LogP contribution in [0, 0.1) is 0 Å². The van der Waals surface area contributed by atoms with Gasteiger partial charge in [0.1, 0.15) is 24.4 Å². The number of hydrogen-bond acceptors (Lipinski definition) is 10. The summed E-state index contributed by atoms with van der Waals surface area (Å²) < 4.78 is 17.6. The molecule has 1 saturated heterocycles. The quantitative estimate of drug-likeness (QED) is 0.0195. The first kappa shape index (κ1) is 75.6. The van der Waals surface area contributed by atoms with Crippen molar-refractivity contribution in [1.82, 2.24) is 5.32 Å². The summed E-state index contributed by atoms with van der Waals surface area (Å²) in [6, 6.07) is -1.04. The van der Waals surface area contributed by atoms with Crippen LogP contribution >= 0.6 is 0 Å². The second-order valence-electron chi connectivity index (χ2n) is 22.5. The van der Waals surface area contributed by atoms with E-state index in [0.29, 0.717) is 19.3 Å². The average molecular weight is 1140 g/mol. The van der Waals surface area contributed by atoms with Gasteiger partial charge >= 0.3 is 5.97 Å². The zero-order valence-corrected chi connectivity index (χ0v) is 51.6. The van der Waals surface area contributed by atoms with Crippen LogP contribution in [-0.2, 0) is 23.8 Å². The molecule has 0 aliphatic carbocycles. The summed E-state index contributed by atoms with van der Waals surface area (Å²) in [6.45, 7) is 5.71. The molecule has 0 aromatic carbocycles. The van der Waals surface area contributed by atoms with Crippen molar-refractivity contribution in [3.05, 3.63) is 97.2 Å². The number of unbranched alkanes of at least 4 members (excludes halogenated alkanes) is 27. The molecule has 1 rings (SSSR count). The highest BCUT2D eigenvalue weighted by Gasteiger charge is 2.47. The van der Waals surface area contributed by atoms with Crippen LogP contribution in [0.15, 0.2) is 97.2 Å². The predicted molar refractivity (Wildman–Crippen MR) is 338 cm³/mol. The molecule has 1 aliphatic heterocycles. The number of allylic oxidation sites excluding steroid dienone is 15. The number of ether oxygens (including phenoxy) is 3. The topological polar surface area (TPSA) is 175 Å². The number of aliphatic hydroxyl groups is 5. The molecule has 1 aliphatic rings. The summed E-state index contributed by atoms with van der Waals surface area (Å²) in [7, 11) is 0. The highest BCUT2D eigenvalue weighted by Crippen LogP contribution is 2.26. The molecule has 8 unspecified atom stereocenters. The summed E-state index contributed by atoms with van der Waals surface area (Å²) >= 11 is 0. The van der Waals surface area contributed by atoms with Crippen LogP contribution in [0.3, 0.4) is 0 Å². The van der Waals surface area contributed by atoms with Gasteiger partial charge in [-0.1, -0.05) is 259 Å². The van der Waals surface area contributed by atoms with E-state index in [9.17, 15) is 35.1 Å². The maximum absolute atomic E-state index is 13.5. The third-order valence-corrected chi connectivity index (χ3v) is 15.0. The SMILES string of the molecule is CCCCC/C=C\C/C=C\C/C=C\C/C=C\CCCC(=O)OC1C(OCC(NC(=O)C(O)CCCCCCCCCCC/C=C\C/C=C\C/C=C\CCCCC)C(O)/C=C/CCCCCCCCCCCCC)OC(CO)C(O)C1O. The molecule has 1 amide bonds. The van der Waals surface area contributed by atoms with Gasteiger partial charge in [0.05, 0.1) is 25.4 Å². The first-order chi connectivity index (χ1) is 39.7. The minimum atomic E-state index is -1.64. The summed E-state index contributed by atoms with van der Waals surface area (Å²) in [5.41, 5.74) is 0. The van der Waals surface area contributed by atoms with Crippen LogP contribution in [0.5, 0.6) is 0 Å². The van der Waals surface area contributed by atoms with E-state index >= 15 is 0 Å². The van der Waals surface area contributed by atoms with Crippen molar-refractivity contribution in [2.24, 2.45) is 0 Å². The molecule has 0 aromatic heterocycles. The molecule has 81 heavy (non-hydrogen) atoms. The Hall–Kier alpha value is -3.42. The Morgan fingerprint density at radius 3 is 1.30 bits per heavy atom. The fourth-order valence-corrected chi connectivity index (χ4v) is 9.71. The van der Waals surface area contributed by atoms with Crippen molar-refractivity contribution in [2.45, 2.75) is 320 Å². The first-order valence-corrected chi connectivity index (χ1v) is 33.0. The van der Waals surface area contributed by atoms with Gasteiger partial charge in [0.15, 0.2) is 12.4 Å². The Kier molecular flexibility index (Phi) is 53.2. The molecule has 0 spiro atoms. The minimum absolute atomic E-state index is 0.0435. The highest BCUT2D eigenvalue weighted by molar-refractivity contribution is 5.80. The summed E-state index contributed by atoms with van der Waals surface area (Å²) in [4.78, 5) is 26.6. The van der Waals surface area contributed by atoms with E-state index in [-0.39, 0.29) is 19.4 Å². The standard InChI is InChI=1S/C70H121NO10/c1-4-7-10-13-16-19-22-25-27-29-30-31-32-33-35-36-39-42-45-48-51-54-57-63(74)69(78)71-61(62(73)56-53-50-47-44-41-38-24-21-18-15-12-9-6-3)60-79-70-68(67(77)66(76)64(59-72)80-70)81-65(75)58-55-52-49-46-43-40-37-34-28-26-23-20-17-14-11-8-5-2/h16-17,19-20,25-28,30-31,37,40,46,49,53,56,61-64,66-68,70,72-74,76-77H,4-15,18,21-24,29,32-36,38-39,41-45,47-48,50-52,54-55,57-60H2,1-3H3,(H,71,78)/b19-16-,20-17-,27-25-,28-26-,31-30-,40-37-,49-46-,56-53+. The Bertz CT molecular complexity index is 1690. The fraction of sp³-hybridized carbons (Fsp3) is 0.743. The lowest BCUT2D eigenvalue weighted by Crippen LogP contribution is -2.61. The van der Waals surface area contributed by atoms with Crippen molar-refractivity contribution in [2.75, 3.05) is 13.2 Å². The molecular weight excluding hydrogens is 1010 g/mol. The van der Waals surface area contributed by atoms with Crippen LogP contribution < -0.4 is 5.32 Å². The van der Waals surface area contributed by atoms with Gasteiger partial charge in [0, 0.05) is 6.42 Å².